The third-order valence-corrected chi connectivity index (χ3v) is 10.4. The molecule has 1 fully saturated rings. The fourth-order valence-corrected chi connectivity index (χ4v) is 7.36. The molecule has 0 bridgehead atoms. The number of para-hydroxylation sites is 1. The van der Waals surface area contributed by atoms with Gasteiger partial charge in [-0.25, -0.2) is 14.6 Å². The first-order valence-corrected chi connectivity index (χ1v) is 21.3. The lowest BCUT2D eigenvalue weighted by atomic mass is 10.0. The molecule has 1 aliphatic rings. The van der Waals surface area contributed by atoms with Crippen molar-refractivity contribution in [1.29, 1.82) is 0 Å². The lowest BCUT2D eigenvalue weighted by Crippen LogP contribution is -2.54. The maximum atomic E-state index is 15.0. The van der Waals surface area contributed by atoms with Crippen molar-refractivity contribution in [3.63, 3.8) is 0 Å². The number of urea groups is 1. The van der Waals surface area contributed by atoms with Gasteiger partial charge < -0.3 is 39.8 Å². The van der Waals surface area contributed by atoms with Crippen molar-refractivity contribution < 1.29 is 38.1 Å². The molecule has 1 heterocycles. The molecule has 0 aliphatic heterocycles. The fraction of sp³-hybridized carbons (Fsp3) is 0.489. The molecule has 4 aromatic rings. The summed E-state index contributed by atoms with van der Waals surface area (Å²) < 4.78 is 24.2. The molecule has 14 nitrogen and oxygen atoms in total. The quantitative estimate of drug-likeness (QED) is 0.0697. The number of benzene rings is 3. The van der Waals surface area contributed by atoms with E-state index in [0.29, 0.717) is 49.0 Å². The number of nitrogens with zero attached hydrogens (tertiary/aromatic N) is 2. The van der Waals surface area contributed by atoms with E-state index in [1.165, 1.54) is 11.3 Å². The predicted octanol–water partition coefficient (Wildman–Crippen LogP) is 7.56. The molecule has 0 saturated heterocycles. The van der Waals surface area contributed by atoms with Gasteiger partial charge in [0.2, 0.25) is 11.8 Å². The highest BCUT2D eigenvalue weighted by molar-refractivity contribution is 7.22. The molecule has 1 aliphatic carbocycles. The van der Waals surface area contributed by atoms with Gasteiger partial charge in [-0.05, 0) is 103 Å². The van der Waals surface area contributed by atoms with Crippen molar-refractivity contribution in [1.82, 2.24) is 25.8 Å². The highest BCUT2D eigenvalue weighted by atomic mass is 32.1. The third kappa shape index (κ3) is 13.9. The number of ether oxygens (including phenoxy) is 4. The van der Waals surface area contributed by atoms with Gasteiger partial charge in [0.1, 0.15) is 23.0 Å². The van der Waals surface area contributed by atoms with E-state index >= 15 is 4.79 Å². The zero-order valence-corrected chi connectivity index (χ0v) is 36.8. The van der Waals surface area contributed by atoms with Crippen LogP contribution in [0.3, 0.4) is 0 Å². The van der Waals surface area contributed by atoms with Crippen LogP contribution in [0.25, 0.3) is 10.2 Å². The first-order valence-electron chi connectivity index (χ1n) is 20.5. The highest BCUT2D eigenvalue weighted by Crippen LogP contribution is 2.45. The molecule has 5 rings (SSSR count). The topological polar surface area (TPSA) is 169 Å². The van der Waals surface area contributed by atoms with Crippen LogP contribution in [0.1, 0.15) is 84.9 Å². The number of hydrogen-bond donors (Lipinski definition) is 4. The van der Waals surface area contributed by atoms with E-state index in [0.717, 1.165) is 21.4 Å². The van der Waals surface area contributed by atoms with Gasteiger partial charge >= 0.3 is 12.1 Å². The average molecular weight is 845 g/mol. The third-order valence-electron chi connectivity index (χ3n) is 9.47. The summed E-state index contributed by atoms with van der Waals surface area (Å²) >= 11 is 1.29. The van der Waals surface area contributed by atoms with E-state index in [4.69, 9.17) is 23.9 Å². The van der Waals surface area contributed by atoms with Crippen molar-refractivity contribution in [2.24, 2.45) is 5.41 Å². The first kappa shape index (κ1) is 45.8. The Kier molecular flexibility index (Phi) is 15.5. The number of carbonyl (C=O) groups is 4. The van der Waals surface area contributed by atoms with Gasteiger partial charge in [-0.2, -0.15) is 0 Å². The predicted molar refractivity (Wildman–Crippen MR) is 233 cm³/mol. The molecule has 60 heavy (non-hydrogen) atoms. The largest absolute Gasteiger partial charge is 0.488 e. The number of carbonyl (C=O) groups excluding carboxylic acids is 4. The Morgan fingerprint density at radius 2 is 1.52 bits per heavy atom. The lowest BCUT2D eigenvalue weighted by molar-refractivity contribution is -0.161. The van der Waals surface area contributed by atoms with Crippen LogP contribution in [-0.4, -0.2) is 83.7 Å². The highest BCUT2D eigenvalue weighted by Gasteiger charge is 2.51. The zero-order valence-electron chi connectivity index (χ0n) is 36.0. The smallest absolute Gasteiger partial charge is 0.413 e. The number of rotatable bonds is 19. The molecule has 324 valence electrons. The van der Waals surface area contributed by atoms with Gasteiger partial charge in [-0.1, -0.05) is 65.9 Å². The summed E-state index contributed by atoms with van der Waals surface area (Å²) in [5, 5.41) is 11.9. The molecule has 0 radical (unpaired) electrons. The minimum atomic E-state index is -1.00. The molecule has 1 saturated carbocycles. The molecule has 3 aromatic carbocycles. The van der Waals surface area contributed by atoms with Gasteiger partial charge in [0.15, 0.2) is 11.4 Å². The Bertz CT molecular complexity index is 2050. The summed E-state index contributed by atoms with van der Waals surface area (Å²) in [6, 6.07) is 21.3. The molecule has 0 spiro atoms. The van der Waals surface area contributed by atoms with Crippen LogP contribution in [0, 0.1) is 5.41 Å². The number of amides is 5. The van der Waals surface area contributed by atoms with Crippen molar-refractivity contribution in [2.45, 2.75) is 111 Å². The number of nitrogens with one attached hydrogen (secondary N) is 4. The summed E-state index contributed by atoms with van der Waals surface area (Å²) in [6.07, 6.45) is -0.0743. The maximum absolute atomic E-state index is 15.0. The minimum absolute atomic E-state index is 0.0586. The molecular weight excluding hydrogens is 785 g/mol. The minimum Gasteiger partial charge on any atom is -0.488 e. The second-order valence-corrected chi connectivity index (χ2v) is 17.9. The normalized spacial score (nSPS) is 13.9. The van der Waals surface area contributed by atoms with Gasteiger partial charge in [-0.15, -0.1) is 0 Å². The molecule has 4 N–H and O–H groups in total. The Labute approximate surface area is 357 Å². The molecule has 1 atom stereocenters. The number of hydrogen-bond acceptors (Lipinski definition) is 10. The molecule has 1 aromatic heterocycles. The van der Waals surface area contributed by atoms with Crippen LogP contribution < -0.4 is 26.0 Å². The van der Waals surface area contributed by atoms with Crippen molar-refractivity contribution in [3.8, 4) is 5.75 Å². The molecule has 0 unspecified atom stereocenters. The second-order valence-electron chi connectivity index (χ2n) is 16.9. The Balaban J connectivity index is 1.41. The van der Waals surface area contributed by atoms with Crippen LogP contribution in [0.2, 0.25) is 0 Å². The summed E-state index contributed by atoms with van der Waals surface area (Å²) in [6.45, 7) is 16.3. The standard InChI is InChI=1S/C45H60N6O8S/c1-9-56-36(57-10-2)28-51(27-32-17-14-18-35-37(32)49-41(60-35)50-42(55)59-44(6,7)8)38(52)34(25-30-19-21-33(22-20-30)58-43(3,4)5)48-39(53)45(23-24-45)29-47-40(54)46-26-31-15-12-11-13-16-31/h11-22,34,36H,9-10,23-29H2,1-8H3,(H,48,53)(H2,46,47,54)(H,49,50,55)/t34-/m0/s1. The van der Waals surface area contributed by atoms with Crippen LogP contribution in [0.4, 0.5) is 14.7 Å². The van der Waals surface area contributed by atoms with Crippen LogP contribution in [0.5, 0.6) is 5.75 Å². The monoisotopic (exact) mass is 844 g/mol. The molecule has 5 amide bonds. The lowest BCUT2D eigenvalue weighted by Gasteiger charge is -2.32. The van der Waals surface area contributed by atoms with E-state index in [2.05, 4.69) is 21.3 Å². The van der Waals surface area contributed by atoms with Crippen molar-refractivity contribution >= 4 is 50.6 Å². The summed E-state index contributed by atoms with van der Waals surface area (Å²) in [4.78, 5) is 61.0. The van der Waals surface area contributed by atoms with Gasteiger partial charge in [0, 0.05) is 39.3 Å². The maximum Gasteiger partial charge on any atom is 0.413 e. The summed E-state index contributed by atoms with van der Waals surface area (Å²) in [5.41, 5.74) is 1.15. The number of thiazole rings is 1. The van der Waals surface area contributed by atoms with E-state index in [9.17, 15) is 14.4 Å². The van der Waals surface area contributed by atoms with Gasteiger partial charge in [0.05, 0.1) is 22.2 Å². The SMILES string of the molecule is CCOC(CN(Cc1cccc2sc(NC(=O)OC(C)(C)C)nc12)C(=O)[C@H](Cc1ccc(OC(C)(C)C)cc1)NC(=O)C1(CNC(=O)NCc2ccccc2)CC1)OCC. The second kappa shape index (κ2) is 20.3. The number of fused-ring (bicyclic) bond motifs is 1. The summed E-state index contributed by atoms with van der Waals surface area (Å²) in [7, 11) is 0. The van der Waals surface area contributed by atoms with E-state index < -0.39 is 35.0 Å². The van der Waals surface area contributed by atoms with Crippen LogP contribution in [0.15, 0.2) is 72.8 Å². The van der Waals surface area contributed by atoms with Crippen molar-refractivity contribution in [2.75, 3.05) is 31.6 Å². The Morgan fingerprint density at radius 3 is 2.13 bits per heavy atom. The van der Waals surface area contributed by atoms with Gasteiger partial charge in [-0.3, -0.25) is 14.9 Å². The van der Waals surface area contributed by atoms with Gasteiger partial charge in [0.25, 0.3) is 0 Å². The fourth-order valence-electron chi connectivity index (χ4n) is 6.46. The molecule has 15 heteroatoms. The molecular formula is C45H60N6O8S. The Morgan fingerprint density at radius 1 is 0.833 bits per heavy atom. The Hall–Kier alpha value is -5.25. The van der Waals surface area contributed by atoms with E-state index in [1.54, 1.807) is 25.7 Å². The van der Waals surface area contributed by atoms with Crippen LogP contribution >= 0.6 is 11.3 Å². The van der Waals surface area contributed by atoms with Crippen molar-refractivity contribution in [3.05, 3.63) is 89.5 Å². The number of anilines is 1. The van der Waals surface area contributed by atoms with E-state index in [1.807, 2.05) is 107 Å². The van der Waals surface area contributed by atoms with E-state index in [-0.39, 0.29) is 43.9 Å². The first-order chi connectivity index (χ1) is 28.5. The number of aromatic nitrogens is 1. The zero-order chi connectivity index (χ0) is 43.5. The average Bonchev–Trinajstić information content (AvgIpc) is 3.87. The van der Waals surface area contributed by atoms with Crippen LogP contribution in [-0.2, 0) is 43.3 Å². The summed E-state index contributed by atoms with van der Waals surface area (Å²) in [5.74, 6) is 0.00967.